The van der Waals surface area contributed by atoms with Crippen molar-refractivity contribution in [3.05, 3.63) is 42.1 Å². The fourth-order valence-corrected chi connectivity index (χ4v) is 3.53. The lowest BCUT2D eigenvalue weighted by Gasteiger charge is -2.16. The summed E-state index contributed by atoms with van der Waals surface area (Å²) < 4.78 is 27.2. The maximum absolute atomic E-state index is 12.9. The third kappa shape index (κ3) is 4.52. The molecule has 0 amide bonds. The third-order valence-electron chi connectivity index (χ3n) is 5.12. The Labute approximate surface area is 185 Å². The largest absolute Gasteiger partial charge is 0.493 e. The molecule has 2 aromatic carbocycles. The van der Waals surface area contributed by atoms with Crippen LogP contribution < -0.4 is 19.5 Å². The monoisotopic (exact) mass is 439 g/mol. The second-order valence-corrected chi connectivity index (χ2v) is 7.18. The van der Waals surface area contributed by atoms with Crippen molar-refractivity contribution in [2.75, 3.05) is 39.9 Å². The maximum atomic E-state index is 12.9. The molecule has 1 saturated heterocycles. The fourth-order valence-electron chi connectivity index (χ4n) is 3.53. The number of ether oxygens (including phenoxy) is 5. The van der Waals surface area contributed by atoms with E-state index in [0.717, 1.165) is 12.8 Å². The average Bonchev–Trinajstić information content (AvgIpc) is 3.35. The summed E-state index contributed by atoms with van der Waals surface area (Å²) in [6.07, 6.45) is 1.75. The molecule has 9 heteroatoms. The Balaban J connectivity index is 1.69. The van der Waals surface area contributed by atoms with Gasteiger partial charge in [0.2, 0.25) is 5.75 Å². The number of fused-ring (bicyclic) bond motifs is 1. The second-order valence-electron chi connectivity index (χ2n) is 7.18. The van der Waals surface area contributed by atoms with Crippen molar-refractivity contribution >= 4 is 28.5 Å². The Kier molecular flexibility index (Phi) is 6.55. The van der Waals surface area contributed by atoms with Gasteiger partial charge in [0.25, 0.3) is 0 Å². The molecule has 0 aliphatic carbocycles. The summed E-state index contributed by atoms with van der Waals surface area (Å²) in [7, 11) is 4.60. The van der Waals surface area contributed by atoms with Crippen molar-refractivity contribution in [2.24, 2.45) is 0 Å². The van der Waals surface area contributed by atoms with Crippen LogP contribution in [0.15, 0.2) is 36.4 Å². The van der Waals surface area contributed by atoms with Crippen molar-refractivity contribution in [1.29, 1.82) is 0 Å². The number of methoxy groups -OCH3 is 3. The number of hydrogen-bond donors (Lipinski definition) is 1. The van der Waals surface area contributed by atoms with Crippen LogP contribution in [0.25, 0.3) is 11.0 Å². The van der Waals surface area contributed by atoms with Crippen LogP contribution in [-0.4, -0.2) is 56.6 Å². The van der Waals surface area contributed by atoms with Crippen LogP contribution in [0.1, 0.15) is 23.3 Å². The van der Waals surface area contributed by atoms with Crippen molar-refractivity contribution in [2.45, 2.75) is 18.9 Å². The molecule has 0 saturated carbocycles. The highest BCUT2D eigenvalue weighted by Gasteiger charge is 2.23. The first kappa shape index (κ1) is 21.6. The molecule has 2 heterocycles. The number of rotatable bonds is 8. The van der Waals surface area contributed by atoms with Gasteiger partial charge in [0.1, 0.15) is 6.61 Å². The first-order chi connectivity index (χ1) is 15.6. The molecular formula is C23H25N3O6. The Morgan fingerprint density at radius 3 is 2.34 bits per heavy atom. The van der Waals surface area contributed by atoms with E-state index in [1.165, 1.54) is 21.3 Å². The summed E-state index contributed by atoms with van der Waals surface area (Å²) in [6, 6.07) is 10.8. The van der Waals surface area contributed by atoms with Crippen molar-refractivity contribution in [1.82, 2.24) is 9.97 Å². The van der Waals surface area contributed by atoms with Crippen molar-refractivity contribution in [3.63, 3.8) is 0 Å². The van der Waals surface area contributed by atoms with Gasteiger partial charge in [-0.1, -0.05) is 12.1 Å². The van der Waals surface area contributed by atoms with Crippen molar-refractivity contribution < 1.29 is 28.5 Å². The molecular weight excluding hydrogens is 414 g/mol. The Hall–Kier alpha value is -3.59. The second kappa shape index (κ2) is 9.69. The highest BCUT2D eigenvalue weighted by Crippen LogP contribution is 2.40. The molecule has 0 spiro atoms. The van der Waals surface area contributed by atoms with Crippen LogP contribution in [0.5, 0.6) is 17.2 Å². The first-order valence-electron chi connectivity index (χ1n) is 10.3. The van der Waals surface area contributed by atoms with E-state index in [1.54, 1.807) is 18.2 Å². The molecule has 4 rings (SSSR count). The number of benzene rings is 2. The van der Waals surface area contributed by atoms with E-state index in [-0.39, 0.29) is 24.2 Å². The number of esters is 1. The predicted molar refractivity (Wildman–Crippen MR) is 118 cm³/mol. The number of aromatic nitrogens is 2. The Bertz CT molecular complexity index is 1090. The number of carbonyl (C=O) groups excluding carboxylic acids is 1. The molecule has 32 heavy (non-hydrogen) atoms. The van der Waals surface area contributed by atoms with E-state index in [9.17, 15) is 4.79 Å². The number of anilines is 2. The minimum Gasteiger partial charge on any atom is -0.493 e. The van der Waals surface area contributed by atoms with Crippen LogP contribution >= 0.6 is 0 Å². The number of para-hydroxylation sites is 2. The number of nitrogens with one attached hydrogen (secondary N) is 1. The van der Waals surface area contributed by atoms with Gasteiger partial charge in [-0.3, -0.25) is 0 Å². The number of nitrogens with zero attached hydrogens (tertiary/aromatic N) is 2. The van der Waals surface area contributed by atoms with E-state index in [0.29, 0.717) is 40.6 Å². The van der Waals surface area contributed by atoms with Gasteiger partial charge in [-0.05, 0) is 25.0 Å². The standard InChI is InChI=1S/C23H25N3O6/c1-28-18-11-14(12-19(29-2)21(18)30-3)24-22-20(23(27)32-13-15-7-6-10-31-15)25-16-8-4-5-9-17(16)26-22/h4-5,8-9,11-12,15H,6-7,10,13H2,1-3H3,(H,24,26). The molecule has 1 unspecified atom stereocenters. The summed E-state index contributed by atoms with van der Waals surface area (Å²) in [5.41, 5.74) is 1.89. The van der Waals surface area contributed by atoms with Gasteiger partial charge in [-0.25, -0.2) is 14.8 Å². The molecule has 1 atom stereocenters. The summed E-state index contributed by atoms with van der Waals surface area (Å²) in [5, 5.41) is 3.15. The van der Waals surface area contributed by atoms with Crippen LogP contribution in [0.3, 0.4) is 0 Å². The third-order valence-corrected chi connectivity index (χ3v) is 5.12. The lowest BCUT2D eigenvalue weighted by Crippen LogP contribution is -2.19. The fraction of sp³-hybridized carbons (Fsp3) is 0.348. The topological polar surface area (TPSA) is 101 Å². The highest BCUT2D eigenvalue weighted by molar-refractivity contribution is 5.96. The lowest BCUT2D eigenvalue weighted by atomic mass is 10.2. The molecule has 1 fully saturated rings. The average molecular weight is 439 g/mol. The molecule has 1 N–H and O–H groups in total. The molecule has 0 radical (unpaired) electrons. The van der Waals surface area contributed by atoms with Gasteiger partial charge in [0, 0.05) is 24.4 Å². The minimum absolute atomic E-state index is 0.0791. The summed E-state index contributed by atoms with van der Waals surface area (Å²) in [6.45, 7) is 0.864. The van der Waals surface area contributed by atoms with E-state index in [2.05, 4.69) is 15.3 Å². The Morgan fingerprint density at radius 1 is 1.06 bits per heavy atom. The van der Waals surface area contributed by atoms with E-state index < -0.39 is 5.97 Å². The van der Waals surface area contributed by atoms with Gasteiger partial charge < -0.3 is 29.0 Å². The summed E-state index contributed by atoms with van der Waals surface area (Å²) >= 11 is 0. The van der Waals surface area contributed by atoms with Gasteiger partial charge in [0.05, 0.1) is 38.5 Å². The Morgan fingerprint density at radius 2 is 1.75 bits per heavy atom. The molecule has 3 aromatic rings. The molecule has 9 nitrogen and oxygen atoms in total. The first-order valence-corrected chi connectivity index (χ1v) is 10.3. The molecule has 0 bridgehead atoms. The number of carbonyl (C=O) groups is 1. The van der Waals surface area contributed by atoms with Crippen LogP contribution in [0.4, 0.5) is 11.5 Å². The molecule has 1 aliphatic rings. The zero-order chi connectivity index (χ0) is 22.5. The van der Waals surface area contributed by atoms with Crippen LogP contribution in [0, 0.1) is 0 Å². The molecule has 1 aromatic heterocycles. The summed E-state index contributed by atoms with van der Waals surface area (Å²) in [4.78, 5) is 22.0. The minimum atomic E-state index is -0.575. The quantitative estimate of drug-likeness (QED) is 0.526. The number of hydrogen-bond acceptors (Lipinski definition) is 9. The van der Waals surface area contributed by atoms with E-state index in [1.807, 2.05) is 18.2 Å². The zero-order valence-corrected chi connectivity index (χ0v) is 18.2. The summed E-state index contributed by atoms with van der Waals surface area (Å²) in [5.74, 6) is 1.07. The molecule has 168 valence electrons. The zero-order valence-electron chi connectivity index (χ0n) is 18.2. The van der Waals surface area contributed by atoms with Gasteiger partial charge in [-0.2, -0.15) is 0 Å². The van der Waals surface area contributed by atoms with Gasteiger partial charge in [-0.15, -0.1) is 0 Å². The SMILES string of the molecule is COc1cc(Nc2nc3ccccc3nc2C(=O)OCC2CCCO2)cc(OC)c1OC. The van der Waals surface area contributed by atoms with Crippen molar-refractivity contribution in [3.8, 4) is 17.2 Å². The highest BCUT2D eigenvalue weighted by atomic mass is 16.6. The van der Waals surface area contributed by atoms with Gasteiger partial charge in [0.15, 0.2) is 23.0 Å². The molecule has 1 aliphatic heterocycles. The lowest BCUT2D eigenvalue weighted by molar-refractivity contribution is 0.0157. The van der Waals surface area contributed by atoms with E-state index >= 15 is 0 Å². The smallest absolute Gasteiger partial charge is 0.360 e. The maximum Gasteiger partial charge on any atom is 0.360 e. The van der Waals surface area contributed by atoms with Gasteiger partial charge >= 0.3 is 5.97 Å². The van der Waals surface area contributed by atoms with E-state index in [4.69, 9.17) is 23.7 Å². The van der Waals surface area contributed by atoms with Crippen LogP contribution in [0.2, 0.25) is 0 Å². The van der Waals surface area contributed by atoms with Crippen LogP contribution in [-0.2, 0) is 9.47 Å². The predicted octanol–water partition coefficient (Wildman–Crippen LogP) is 3.74. The normalized spacial score (nSPS) is 15.4.